The van der Waals surface area contributed by atoms with Crippen LogP contribution in [0.4, 0.5) is 5.69 Å². The van der Waals surface area contributed by atoms with E-state index in [4.69, 9.17) is 0 Å². The predicted molar refractivity (Wildman–Crippen MR) is 96.9 cm³/mol. The van der Waals surface area contributed by atoms with Crippen LogP contribution in [0.5, 0.6) is 0 Å². The molecule has 1 aliphatic heterocycles. The van der Waals surface area contributed by atoms with Crippen LogP contribution in [-0.4, -0.2) is 28.2 Å². The lowest BCUT2D eigenvalue weighted by molar-refractivity contribution is -0.146. The molecule has 1 aliphatic rings. The van der Waals surface area contributed by atoms with Crippen molar-refractivity contribution >= 4 is 17.5 Å². The first kappa shape index (κ1) is 17.1. The van der Waals surface area contributed by atoms with Crippen LogP contribution in [0.2, 0.25) is 0 Å². The van der Waals surface area contributed by atoms with Gasteiger partial charge in [0.25, 0.3) is 0 Å². The number of aromatic nitrogens is 1. The number of aryl methyl sites for hydroxylation is 1. The molecular formula is C20H23N3O2. The number of piperidine rings is 1. The lowest BCUT2D eigenvalue weighted by Crippen LogP contribution is -2.46. The average Bonchev–Trinajstić information content (AvgIpc) is 2.61. The van der Waals surface area contributed by atoms with Crippen molar-refractivity contribution in [2.24, 2.45) is 5.92 Å². The van der Waals surface area contributed by atoms with Gasteiger partial charge in [-0.2, -0.15) is 0 Å². The number of rotatable bonds is 2. The SMILES string of the molecule is Cc1cncc(NC(=O)C(=O)N2C[C@@H](C)CC[C@@H]2c2ccccc2)c1. The summed E-state index contributed by atoms with van der Waals surface area (Å²) >= 11 is 0. The van der Waals surface area contributed by atoms with Crippen molar-refractivity contribution in [1.29, 1.82) is 0 Å². The maximum atomic E-state index is 12.8. The molecule has 130 valence electrons. The topological polar surface area (TPSA) is 62.3 Å². The van der Waals surface area contributed by atoms with Gasteiger partial charge in [-0.3, -0.25) is 14.6 Å². The molecule has 0 radical (unpaired) electrons. The van der Waals surface area contributed by atoms with Gasteiger partial charge in [-0.25, -0.2) is 0 Å². The number of amides is 2. The minimum atomic E-state index is -0.609. The van der Waals surface area contributed by atoms with Crippen LogP contribution < -0.4 is 5.32 Å². The number of carbonyl (C=O) groups is 2. The zero-order chi connectivity index (χ0) is 17.8. The largest absolute Gasteiger partial charge is 0.327 e. The Morgan fingerprint density at radius 1 is 1.16 bits per heavy atom. The molecule has 2 atom stereocenters. The number of anilines is 1. The number of pyridine rings is 1. The van der Waals surface area contributed by atoms with E-state index in [0.29, 0.717) is 18.2 Å². The molecule has 1 N–H and O–H groups in total. The van der Waals surface area contributed by atoms with Gasteiger partial charge in [0.15, 0.2) is 0 Å². The Bertz CT molecular complexity index is 761. The highest BCUT2D eigenvalue weighted by molar-refractivity contribution is 6.39. The Labute approximate surface area is 148 Å². The van der Waals surface area contributed by atoms with E-state index in [9.17, 15) is 9.59 Å². The Morgan fingerprint density at radius 2 is 1.92 bits per heavy atom. The summed E-state index contributed by atoms with van der Waals surface area (Å²) in [6, 6.07) is 11.7. The number of nitrogens with zero attached hydrogens (tertiary/aromatic N) is 2. The van der Waals surface area contributed by atoms with Crippen LogP contribution in [0.1, 0.15) is 36.9 Å². The molecule has 0 unspecified atom stereocenters. The van der Waals surface area contributed by atoms with Crippen molar-refractivity contribution in [2.45, 2.75) is 32.7 Å². The van der Waals surface area contributed by atoms with Crippen LogP contribution in [0.3, 0.4) is 0 Å². The van der Waals surface area contributed by atoms with Crippen molar-refractivity contribution < 1.29 is 9.59 Å². The highest BCUT2D eigenvalue weighted by Gasteiger charge is 2.34. The maximum Gasteiger partial charge on any atom is 0.313 e. The van der Waals surface area contributed by atoms with Gasteiger partial charge < -0.3 is 10.2 Å². The fourth-order valence-corrected chi connectivity index (χ4v) is 3.34. The minimum absolute atomic E-state index is 0.0497. The molecule has 2 heterocycles. The third-order valence-corrected chi connectivity index (χ3v) is 4.59. The number of hydrogen-bond donors (Lipinski definition) is 1. The van der Waals surface area contributed by atoms with Gasteiger partial charge in [-0.05, 0) is 42.9 Å². The summed E-state index contributed by atoms with van der Waals surface area (Å²) in [6.45, 7) is 4.60. The van der Waals surface area contributed by atoms with E-state index in [1.54, 1.807) is 23.4 Å². The molecule has 0 aliphatic carbocycles. The summed E-state index contributed by atoms with van der Waals surface area (Å²) in [7, 11) is 0. The minimum Gasteiger partial charge on any atom is -0.327 e. The third-order valence-electron chi connectivity index (χ3n) is 4.59. The zero-order valence-electron chi connectivity index (χ0n) is 14.6. The Morgan fingerprint density at radius 3 is 2.64 bits per heavy atom. The quantitative estimate of drug-likeness (QED) is 0.855. The molecule has 2 aromatic rings. The van der Waals surface area contributed by atoms with E-state index in [0.717, 1.165) is 24.0 Å². The average molecular weight is 337 g/mol. The van der Waals surface area contributed by atoms with E-state index in [1.807, 2.05) is 37.3 Å². The number of benzene rings is 1. The van der Waals surface area contributed by atoms with Gasteiger partial charge >= 0.3 is 11.8 Å². The molecule has 0 saturated carbocycles. The molecule has 2 amide bonds. The smallest absolute Gasteiger partial charge is 0.313 e. The van der Waals surface area contributed by atoms with Gasteiger partial charge in [0.05, 0.1) is 17.9 Å². The van der Waals surface area contributed by atoms with Crippen LogP contribution >= 0.6 is 0 Å². The molecule has 1 aromatic carbocycles. The van der Waals surface area contributed by atoms with E-state index in [1.165, 1.54) is 0 Å². The van der Waals surface area contributed by atoms with Crippen LogP contribution in [0.15, 0.2) is 48.8 Å². The summed E-state index contributed by atoms with van der Waals surface area (Å²) in [4.78, 5) is 31.0. The molecule has 1 aromatic heterocycles. The standard InChI is InChI=1S/C20H23N3O2/c1-14-8-9-18(16-6-4-3-5-7-16)23(13-14)20(25)19(24)22-17-10-15(2)11-21-12-17/h3-7,10-12,14,18H,8-9,13H2,1-2H3,(H,22,24)/t14-,18+/m0/s1. The molecule has 1 fully saturated rings. The monoisotopic (exact) mass is 337 g/mol. The first-order valence-corrected chi connectivity index (χ1v) is 8.63. The lowest BCUT2D eigenvalue weighted by Gasteiger charge is -2.38. The zero-order valence-corrected chi connectivity index (χ0v) is 14.6. The van der Waals surface area contributed by atoms with Gasteiger partial charge in [-0.1, -0.05) is 37.3 Å². The first-order valence-electron chi connectivity index (χ1n) is 8.63. The molecule has 25 heavy (non-hydrogen) atoms. The molecule has 3 rings (SSSR count). The van der Waals surface area contributed by atoms with Crippen LogP contribution in [-0.2, 0) is 9.59 Å². The fraction of sp³-hybridized carbons (Fsp3) is 0.350. The van der Waals surface area contributed by atoms with E-state index >= 15 is 0 Å². The maximum absolute atomic E-state index is 12.8. The summed E-state index contributed by atoms with van der Waals surface area (Å²) in [5.74, 6) is -0.707. The van der Waals surface area contributed by atoms with Crippen LogP contribution in [0.25, 0.3) is 0 Å². The highest BCUT2D eigenvalue weighted by Crippen LogP contribution is 2.33. The summed E-state index contributed by atoms with van der Waals surface area (Å²) in [5.41, 5.74) is 2.55. The van der Waals surface area contributed by atoms with Crippen molar-refractivity contribution in [3.8, 4) is 0 Å². The number of likely N-dealkylation sites (tertiary alicyclic amines) is 1. The first-order chi connectivity index (χ1) is 12.0. The summed E-state index contributed by atoms with van der Waals surface area (Å²) in [5, 5.41) is 2.67. The van der Waals surface area contributed by atoms with E-state index < -0.39 is 11.8 Å². The summed E-state index contributed by atoms with van der Waals surface area (Å²) < 4.78 is 0. The normalized spacial score (nSPS) is 20.2. The molecule has 0 bridgehead atoms. The number of carbonyl (C=O) groups excluding carboxylic acids is 2. The Balaban J connectivity index is 1.78. The molecule has 5 nitrogen and oxygen atoms in total. The second-order valence-electron chi connectivity index (χ2n) is 6.77. The fourth-order valence-electron chi connectivity index (χ4n) is 3.34. The highest BCUT2D eigenvalue weighted by atomic mass is 16.2. The van der Waals surface area contributed by atoms with Gasteiger partial charge in [0, 0.05) is 12.7 Å². The van der Waals surface area contributed by atoms with Crippen molar-refractivity contribution in [3.05, 3.63) is 59.9 Å². The molecule has 0 spiro atoms. The van der Waals surface area contributed by atoms with Crippen molar-refractivity contribution in [3.63, 3.8) is 0 Å². The molecule has 5 heteroatoms. The molecular weight excluding hydrogens is 314 g/mol. The summed E-state index contributed by atoms with van der Waals surface area (Å²) in [6.07, 6.45) is 5.17. The van der Waals surface area contributed by atoms with Crippen molar-refractivity contribution in [1.82, 2.24) is 9.88 Å². The van der Waals surface area contributed by atoms with Gasteiger partial charge in [-0.15, -0.1) is 0 Å². The van der Waals surface area contributed by atoms with E-state index in [2.05, 4.69) is 17.2 Å². The number of nitrogens with one attached hydrogen (secondary N) is 1. The second-order valence-corrected chi connectivity index (χ2v) is 6.77. The Hall–Kier alpha value is -2.69. The van der Waals surface area contributed by atoms with E-state index in [-0.39, 0.29) is 6.04 Å². The van der Waals surface area contributed by atoms with Gasteiger partial charge in [0.2, 0.25) is 0 Å². The predicted octanol–water partition coefficient (Wildman–Crippen LogP) is 3.33. The Kier molecular flexibility index (Phi) is 5.12. The number of hydrogen-bond acceptors (Lipinski definition) is 3. The lowest BCUT2D eigenvalue weighted by atomic mass is 9.90. The molecule has 1 saturated heterocycles. The van der Waals surface area contributed by atoms with Crippen LogP contribution in [0, 0.1) is 12.8 Å². The van der Waals surface area contributed by atoms with Crippen molar-refractivity contribution in [2.75, 3.05) is 11.9 Å². The third kappa shape index (κ3) is 4.05. The second kappa shape index (κ2) is 7.47. The van der Waals surface area contributed by atoms with Gasteiger partial charge in [0.1, 0.15) is 0 Å².